The molecule has 2 rings (SSSR count). The van der Waals surface area contributed by atoms with E-state index < -0.39 is 0 Å². The minimum atomic E-state index is 0.415. The minimum absolute atomic E-state index is 0.415. The van der Waals surface area contributed by atoms with Gasteiger partial charge in [0.05, 0.1) is 7.11 Å². The molecule has 1 heterocycles. The molecular weight excluding hydrogens is 182 g/mol. The van der Waals surface area contributed by atoms with E-state index in [1.54, 1.807) is 18.4 Å². The Bertz CT molecular complexity index is 284. The van der Waals surface area contributed by atoms with Crippen molar-refractivity contribution in [1.29, 1.82) is 0 Å². The molecule has 72 valence electrons. The summed E-state index contributed by atoms with van der Waals surface area (Å²) in [6, 6.07) is 4.63. The smallest absolute Gasteiger partial charge is 0.173 e. The van der Waals surface area contributed by atoms with Gasteiger partial charge in [-0.05, 0) is 37.3 Å². The van der Waals surface area contributed by atoms with Crippen LogP contribution in [-0.4, -0.2) is 13.2 Å². The summed E-state index contributed by atoms with van der Waals surface area (Å²) in [6.07, 6.45) is 3.55. The average Bonchev–Trinajstić information content (AvgIpc) is 2.71. The predicted octanol–water partition coefficient (Wildman–Crippen LogP) is 2.35. The third-order valence-electron chi connectivity index (χ3n) is 2.68. The highest BCUT2D eigenvalue weighted by atomic mass is 32.1. The molecule has 1 fully saturated rings. The molecule has 0 radical (unpaired) electrons. The Morgan fingerprint density at radius 3 is 2.85 bits per heavy atom. The van der Waals surface area contributed by atoms with Gasteiger partial charge in [0, 0.05) is 10.9 Å². The molecule has 0 bridgehead atoms. The fourth-order valence-corrected chi connectivity index (χ4v) is 2.91. The van der Waals surface area contributed by atoms with E-state index in [2.05, 4.69) is 6.07 Å². The van der Waals surface area contributed by atoms with Crippen molar-refractivity contribution in [2.24, 2.45) is 5.73 Å². The van der Waals surface area contributed by atoms with Gasteiger partial charge in [0.25, 0.3) is 0 Å². The van der Waals surface area contributed by atoms with Crippen LogP contribution in [0.4, 0.5) is 0 Å². The van der Waals surface area contributed by atoms with Crippen LogP contribution in [0.5, 0.6) is 5.06 Å². The summed E-state index contributed by atoms with van der Waals surface area (Å²) in [4.78, 5) is 1.44. The van der Waals surface area contributed by atoms with Crippen molar-refractivity contribution in [2.45, 2.75) is 31.2 Å². The summed E-state index contributed by atoms with van der Waals surface area (Å²) in [5, 5.41) is 1.01. The van der Waals surface area contributed by atoms with Crippen LogP contribution in [0.25, 0.3) is 0 Å². The van der Waals surface area contributed by atoms with E-state index in [1.807, 2.05) is 6.07 Å². The third-order valence-corrected chi connectivity index (χ3v) is 3.89. The zero-order valence-electron chi connectivity index (χ0n) is 7.82. The quantitative estimate of drug-likeness (QED) is 0.790. The van der Waals surface area contributed by atoms with Gasteiger partial charge >= 0.3 is 0 Å². The number of nitrogens with two attached hydrogens (primary N) is 1. The fraction of sp³-hybridized carbons (Fsp3) is 0.600. The maximum Gasteiger partial charge on any atom is 0.173 e. The van der Waals surface area contributed by atoms with Crippen molar-refractivity contribution in [3.05, 3.63) is 17.0 Å². The lowest BCUT2D eigenvalue weighted by atomic mass is 10.1. The van der Waals surface area contributed by atoms with E-state index in [9.17, 15) is 0 Å². The van der Waals surface area contributed by atoms with Crippen LogP contribution >= 0.6 is 11.3 Å². The Hall–Kier alpha value is -0.540. The van der Waals surface area contributed by atoms with E-state index in [1.165, 1.54) is 17.7 Å². The fourth-order valence-electron chi connectivity index (χ4n) is 1.94. The number of thiophene rings is 1. The van der Waals surface area contributed by atoms with Crippen molar-refractivity contribution < 1.29 is 4.74 Å². The molecule has 0 aromatic carbocycles. The first-order valence-corrected chi connectivity index (χ1v) is 5.50. The van der Waals surface area contributed by atoms with Gasteiger partial charge in [0.2, 0.25) is 0 Å². The highest BCUT2D eigenvalue weighted by Crippen LogP contribution is 2.39. The van der Waals surface area contributed by atoms with Crippen molar-refractivity contribution in [3.8, 4) is 5.06 Å². The van der Waals surface area contributed by atoms with Gasteiger partial charge in [0.15, 0.2) is 5.06 Å². The molecule has 1 aromatic heterocycles. The van der Waals surface area contributed by atoms with Crippen LogP contribution in [0.1, 0.15) is 30.1 Å². The van der Waals surface area contributed by atoms with Gasteiger partial charge in [0.1, 0.15) is 0 Å². The van der Waals surface area contributed by atoms with Gasteiger partial charge in [-0.2, -0.15) is 0 Å². The van der Waals surface area contributed by atoms with Gasteiger partial charge in [-0.25, -0.2) is 0 Å². The van der Waals surface area contributed by atoms with Gasteiger partial charge < -0.3 is 10.5 Å². The summed E-state index contributed by atoms with van der Waals surface area (Å²) in [5.74, 6) is 0.684. The number of hydrogen-bond acceptors (Lipinski definition) is 3. The molecule has 13 heavy (non-hydrogen) atoms. The summed E-state index contributed by atoms with van der Waals surface area (Å²) in [5.41, 5.74) is 5.88. The molecule has 2 atom stereocenters. The number of hydrogen-bond donors (Lipinski definition) is 1. The number of rotatable bonds is 2. The lowest BCUT2D eigenvalue weighted by Gasteiger charge is -2.05. The summed E-state index contributed by atoms with van der Waals surface area (Å²) >= 11 is 1.75. The second-order valence-electron chi connectivity index (χ2n) is 3.63. The van der Waals surface area contributed by atoms with Crippen molar-refractivity contribution >= 4 is 11.3 Å². The normalized spacial score (nSPS) is 27.8. The first-order chi connectivity index (χ1) is 6.29. The Morgan fingerprint density at radius 2 is 2.31 bits per heavy atom. The van der Waals surface area contributed by atoms with Crippen LogP contribution in [-0.2, 0) is 0 Å². The molecule has 2 N–H and O–H groups in total. The summed E-state index contributed by atoms with van der Waals surface area (Å²) in [7, 11) is 1.72. The molecule has 0 aliphatic heterocycles. The first-order valence-electron chi connectivity index (χ1n) is 4.69. The second kappa shape index (κ2) is 3.68. The lowest BCUT2D eigenvalue weighted by Crippen LogP contribution is -2.14. The zero-order valence-corrected chi connectivity index (χ0v) is 8.64. The molecule has 0 amide bonds. The number of ether oxygens (including phenoxy) is 1. The highest BCUT2D eigenvalue weighted by molar-refractivity contribution is 7.13. The monoisotopic (exact) mass is 197 g/mol. The maximum absolute atomic E-state index is 5.88. The molecule has 1 aliphatic rings. The molecule has 1 aliphatic carbocycles. The molecule has 0 spiro atoms. The number of methoxy groups -OCH3 is 1. The van der Waals surface area contributed by atoms with Crippen molar-refractivity contribution in [2.75, 3.05) is 7.11 Å². The van der Waals surface area contributed by atoms with Crippen molar-refractivity contribution in [3.63, 3.8) is 0 Å². The molecule has 1 aromatic rings. The molecule has 2 nitrogen and oxygen atoms in total. The molecular formula is C10H15NOS. The van der Waals surface area contributed by atoms with E-state index in [0.29, 0.717) is 12.0 Å². The molecule has 1 saturated carbocycles. The van der Waals surface area contributed by atoms with Crippen LogP contribution < -0.4 is 10.5 Å². The van der Waals surface area contributed by atoms with E-state index in [0.717, 1.165) is 11.5 Å². The predicted molar refractivity (Wildman–Crippen MR) is 55.4 cm³/mol. The van der Waals surface area contributed by atoms with Crippen LogP contribution in [0, 0.1) is 0 Å². The second-order valence-corrected chi connectivity index (χ2v) is 4.71. The summed E-state index contributed by atoms with van der Waals surface area (Å²) < 4.78 is 5.17. The van der Waals surface area contributed by atoms with E-state index in [-0.39, 0.29) is 0 Å². The first kappa shape index (κ1) is 9.03. The molecule has 2 unspecified atom stereocenters. The minimum Gasteiger partial charge on any atom is -0.487 e. The molecule has 3 heteroatoms. The maximum atomic E-state index is 5.88. The largest absolute Gasteiger partial charge is 0.487 e. The third kappa shape index (κ3) is 1.86. The zero-order chi connectivity index (χ0) is 9.26. The highest BCUT2D eigenvalue weighted by Gasteiger charge is 2.24. The van der Waals surface area contributed by atoms with Gasteiger partial charge in [-0.1, -0.05) is 0 Å². The SMILES string of the molecule is COc1ccc(C2CCC(N)C2)s1. The standard InChI is InChI=1S/C10H15NOS/c1-12-10-5-4-9(13-10)7-2-3-8(11)6-7/h4-5,7-8H,2-3,6,11H2,1H3. The van der Waals surface area contributed by atoms with Crippen molar-refractivity contribution in [1.82, 2.24) is 0 Å². The Balaban J connectivity index is 2.08. The van der Waals surface area contributed by atoms with Gasteiger partial charge in [-0.3, -0.25) is 0 Å². The van der Waals surface area contributed by atoms with Crippen LogP contribution in [0.15, 0.2) is 12.1 Å². The van der Waals surface area contributed by atoms with Gasteiger partial charge in [-0.15, -0.1) is 11.3 Å². The van der Waals surface area contributed by atoms with Crippen LogP contribution in [0.2, 0.25) is 0 Å². The van der Waals surface area contributed by atoms with E-state index in [4.69, 9.17) is 10.5 Å². The lowest BCUT2D eigenvalue weighted by molar-refractivity contribution is 0.427. The van der Waals surface area contributed by atoms with Crippen LogP contribution in [0.3, 0.4) is 0 Å². The van der Waals surface area contributed by atoms with E-state index >= 15 is 0 Å². The Kier molecular flexibility index (Phi) is 2.56. The Labute approximate surface area is 82.7 Å². The summed E-state index contributed by atoms with van der Waals surface area (Å²) in [6.45, 7) is 0. The topological polar surface area (TPSA) is 35.2 Å². The molecule has 0 saturated heterocycles. The Morgan fingerprint density at radius 1 is 1.46 bits per heavy atom. The average molecular weight is 197 g/mol.